The largest absolute Gasteiger partial charge is 0.507 e. The van der Waals surface area contributed by atoms with Gasteiger partial charge in [0.15, 0.2) is 11.6 Å². The summed E-state index contributed by atoms with van der Waals surface area (Å²) in [6.07, 6.45) is 9.53. The minimum absolute atomic E-state index is 0.186. The lowest BCUT2D eigenvalue weighted by Crippen LogP contribution is -2.54. The highest BCUT2D eigenvalue weighted by molar-refractivity contribution is 9.10. The minimum atomic E-state index is -0.271. The number of phenolic OH excluding ortho intramolecular Hbond substituents is 2. The number of rotatable bonds is 5. The number of aromatic hydroxyl groups is 2. The maximum atomic E-state index is 12.1. The summed E-state index contributed by atoms with van der Waals surface area (Å²) in [7, 11) is 0. The van der Waals surface area contributed by atoms with E-state index >= 15 is 0 Å². The number of hydrogen-bond acceptors (Lipinski definition) is 13. The number of benzene rings is 2. The lowest BCUT2D eigenvalue weighted by molar-refractivity contribution is 0.421. The van der Waals surface area contributed by atoms with E-state index in [0.29, 0.717) is 50.8 Å². The molecular weight excluding hydrogens is 881 g/mol. The third kappa shape index (κ3) is 9.18. The maximum Gasteiger partial charge on any atom is 0.169 e. The molecule has 10 rings (SSSR count). The number of nitrogens with zero attached hydrogens (tertiary/aromatic N) is 9. The third-order valence-corrected chi connectivity index (χ3v) is 12.3. The quantitative estimate of drug-likeness (QED) is 0.122. The molecule has 4 aliphatic rings. The number of halogens is 3. The fourth-order valence-corrected chi connectivity index (χ4v) is 9.48. The number of nitrogen functional groups attached to an aromatic ring is 2. The Morgan fingerprint density at radius 3 is 1.56 bits per heavy atom. The van der Waals surface area contributed by atoms with Crippen LogP contribution < -0.4 is 26.2 Å². The van der Waals surface area contributed by atoms with E-state index < -0.39 is 0 Å². The minimum Gasteiger partial charge on any atom is -0.507 e. The van der Waals surface area contributed by atoms with Crippen molar-refractivity contribution in [2.24, 2.45) is 11.8 Å². The molecule has 4 aromatic heterocycles. The predicted octanol–water partition coefficient (Wildman–Crippen LogP) is 8.10. The lowest BCUT2D eigenvalue weighted by atomic mass is 9.98. The number of anilines is 5. The number of aromatic nitrogens is 6. The summed E-state index contributed by atoms with van der Waals surface area (Å²) in [5.74, 6) is 2.58. The van der Waals surface area contributed by atoms with Crippen LogP contribution in [-0.4, -0.2) is 78.8 Å². The number of pyridine rings is 2. The average Bonchev–Trinajstić information content (AvgIpc) is 3.71. The number of phenols is 2. The van der Waals surface area contributed by atoms with Crippen LogP contribution in [0.3, 0.4) is 0 Å². The number of piperazine rings is 1. The zero-order valence-corrected chi connectivity index (χ0v) is 35.3. The molecule has 0 radical (unpaired) electrons. The van der Waals surface area contributed by atoms with Crippen molar-refractivity contribution in [2.75, 3.05) is 52.3 Å². The average molecular weight is 926 g/mol. The summed E-state index contributed by atoms with van der Waals surface area (Å²) in [5.41, 5.74) is 18.0. The first-order chi connectivity index (χ1) is 28.6. The molecule has 13 nitrogen and oxygen atoms in total. The molecule has 6 aromatic rings. The number of piperidine rings is 1. The van der Waals surface area contributed by atoms with Crippen molar-refractivity contribution in [3.05, 3.63) is 112 Å². The molecule has 7 heterocycles. The van der Waals surface area contributed by atoms with Gasteiger partial charge in [-0.15, -0.1) is 20.4 Å². The number of fused-ring (bicyclic) bond motifs is 4. The topological polar surface area (TPSA) is 180 Å². The molecule has 4 fully saturated rings. The zero-order valence-electron chi connectivity index (χ0n) is 32.1. The second kappa shape index (κ2) is 17.7. The molecule has 2 aromatic carbocycles. The van der Waals surface area contributed by atoms with Crippen molar-refractivity contribution in [3.8, 4) is 34.0 Å². The fraction of sp³-hybridized carbons (Fsp3) is 0.302. The molecule has 16 heteroatoms. The van der Waals surface area contributed by atoms with Crippen molar-refractivity contribution in [2.45, 2.75) is 44.2 Å². The van der Waals surface area contributed by atoms with Gasteiger partial charge in [0.2, 0.25) is 0 Å². The summed E-state index contributed by atoms with van der Waals surface area (Å²) < 4.78 is 13.5. The van der Waals surface area contributed by atoms with Crippen molar-refractivity contribution in [1.29, 1.82) is 0 Å². The van der Waals surface area contributed by atoms with Crippen molar-refractivity contribution < 1.29 is 14.6 Å². The highest BCUT2D eigenvalue weighted by Crippen LogP contribution is 2.41. The number of nitrogens with two attached hydrogens (primary N) is 2. The first-order valence-electron chi connectivity index (χ1n) is 19.6. The van der Waals surface area contributed by atoms with Crippen LogP contribution in [0.5, 0.6) is 11.5 Å². The smallest absolute Gasteiger partial charge is 0.169 e. The molecule has 59 heavy (non-hydrogen) atoms. The monoisotopic (exact) mass is 923 g/mol. The maximum absolute atomic E-state index is 12.1. The van der Waals surface area contributed by atoms with Crippen LogP contribution in [0.15, 0.2) is 107 Å². The van der Waals surface area contributed by atoms with Crippen molar-refractivity contribution in [3.63, 3.8) is 0 Å². The summed E-state index contributed by atoms with van der Waals surface area (Å²) in [4.78, 5) is 15.1. The van der Waals surface area contributed by atoms with Gasteiger partial charge >= 0.3 is 0 Å². The van der Waals surface area contributed by atoms with Gasteiger partial charge in [0.1, 0.15) is 26.5 Å². The Balaban J connectivity index is 0.000000142. The Bertz CT molecular complexity index is 2390. The van der Waals surface area contributed by atoms with Crippen LogP contribution >= 0.6 is 31.9 Å². The standard InChI is InChI=1S/C21H21BrN6O.C17H20N4O.C5H3BrFN/c22-20-9-13(7-8-24-20)28-14-5-6-15(28)12-27(11-14)18-10-17(25-26-21(18)23)16-3-1-2-4-19(16)29;18-17-15(21-9-11-5-6-12(7-11)10-21)8-14(19-20-17)13-3-1-2-4-16(13)22;6-5-3-4(7)1-2-8-5/h1-4,7-10,14-15,29H,5-6,11-12H2,(H2,23,26);1-4,8,11-12,22H,5-7,9-10H2,(H2,18,20);1-3H. The second-order valence-electron chi connectivity index (χ2n) is 15.3. The Morgan fingerprint density at radius 1 is 0.593 bits per heavy atom. The second-order valence-corrected chi connectivity index (χ2v) is 16.9. The van der Waals surface area contributed by atoms with E-state index in [1.165, 1.54) is 43.3 Å². The molecule has 304 valence electrons. The van der Waals surface area contributed by atoms with Crippen molar-refractivity contribution >= 4 is 60.6 Å². The highest BCUT2D eigenvalue weighted by atomic mass is 79.9. The molecule has 0 amide bonds. The van der Waals surface area contributed by atoms with Gasteiger partial charge in [-0.2, -0.15) is 0 Å². The van der Waals surface area contributed by atoms with Gasteiger partial charge in [0.25, 0.3) is 0 Å². The molecule has 4 unspecified atom stereocenters. The molecule has 1 saturated carbocycles. The van der Waals surface area contributed by atoms with E-state index in [-0.39, 0.29) is 17.3 Å². The lowest BCUT2D eigenvalue weighted by Gasteiger charge is -2.43. The van der Waals surface area contributed by atoms with E-state index in [1.54, 1.807) is 24.3 Å². The molecule has 4 bridgehead atoms. The van der Waals surface area contributed by atoms with E-state index in [4.69, 9.17) is 11.5 Å². The van der Waals surface area contributed by atoms with Crippen molar-refractivity contribution in [1.82, 2.24) is 30.4 Å². The van der Waals surface area contributed by atoms with Gasteiger partial charge in [0.05, 0.1) is 22.8 Å². The molecule has 3 saturated heterocycles. The van der Waals surface area contributed by atoms with Crippen LogP contribution in [0.25, 0.3) is 22.5 Å². The third-order valence-electron chi connectivity index (χ3n) is 11.4. The normalized spacial score (nSPS) is 20.4. The Hall–Kier alpha value is -5.61. The highest BCUT2D eigenvalue weighted by Gasteiger charge is 2.41. The van der Waals surface area contributed by atoms with E-state index in [2.05, 4.69) is 89.1 Å². The Morgan fingerprint density at radius 2 is 1.08 bits per heavy atom. The Labute approximate surface area is 358 Å². The SMILES string of the molecule is Fc1ccnc(Br)c1.Nc1nnc(-c2ccccc2O)cc1N1CC2CCC(C1)N2c1ccnc(Br)c1.Nc1nnc(-c2ccccc2O)cc1N1CC2CCC(C2)C1. The van der Waals surface area contributed by atoms with Gasteiger partial charge in [0, 0.05) is 73.5 Å². The van der Waals surface area contributed by atoms with Gasteiger partial charge in [-0.05, 0) is 130 Å². The fourth-order valence-electron chi connectivity index (χ4n) is 8.79. The number of hydrogen-bond donors (Lipinski definition) is 4. The van der Waals surface area contributed by atoms with Crippen LogP contribution in [0, 0.1) is 17.7 Å². The Kier molecular flexibility index (Phi) is 12.1. The molecule has 1 aliphatic carbocycles. The zero-order chi connectivity index (χ0) is 41.0. The summed E-state index contributed by atoms with van der Waals surface area (Å²) in [6, 6.07) is 25.8. The molecule has 6 N–H and O–H groups in total. The summed E-state index contributed by atoms with van der Waals surface area (Å²) >= 11 is 6.49. The van der Waals surface area contributed by atoms with Crippen LogP contribution in [0.2, 0.25) is 0 Å². The molecule has 4 atom stereocenters. The van der Waals surface area contributed by atoms with E-state index in [1.807, 2.05) is 42.6 Å². The molecular formula is C43H44Br2FN11O2. The van der Waals surface area contributed by atoms with Gasteiger partial charge in [-0.1, -0.05) is 24.3 Å². The van der Waals surface area contributed by atoms with Gasteiger partial charge < -0.3 is 36.4 Å². The predicted molar refractivity (Wildman–Crippen MR) is 235 cm³/mol. The first-order valence-corrected chi connectivity index (χ1v) is 21.2. The summed E-state index contributed by atoms with van der Waals surface area (Å²) in [6.45, 7) is 3.83. The van der Waals surface area contributed by atoms with Gasteiger partial charge in [-0.3, -0.25) is 0 Å². The summed E-state index contributed by atoms with van der Waals surface area (Å²) in [5, 5.41) is 36.9. The molecule has 0 spiro atoms. The van der Waals surface area contributed by atoms with E-state index in [9.17, 15) is 14.6 Å². The van der Waals surface area contributed by atoms with Crippen LogP contribution in [0.4, 0.5) is 33.1 Å². The van der Waals surface area contributed by atoms with Crippen LogP contribution in [-0.2, 0) is 0 Å². The first kappa shape index (κ1) is 40.2. The van der Waals surface area contributed by atoms with Crippen LogP contribution in [0.1, 0.15) is 32.1 Å². The van der Waals surface area contributed by atoms with E-state index in [0.717, 1.165) is 66.8 Å². The van der Waals surface area contributed by atoms with Gasteiger partial charge in [-0.25, -0.2) is 14.4 Å². The number of para-hydroxylation sites is 2. The molecule has 3 aliphatic heterocycles.